The van der Waals surface area contributed by atoms with Crippen LogP contribution in [0.15, 0.2) is 110 Å². The van der Waals surface area contributed by atoms with Gasteiger partial charge in [0, 0.05) is 43.3 Å². The lowest BCUT2D eigenvalue weighted by molar-refractivity contribution is 0.0474. The highest BCUT2D eigenvalue weighted by Gasteiger charge is 2.60. The van der Waals surface area contributed by atoms with E-state index in [1.165, 1.54) is 57.6 Å². The van der Waals surface area contributed by atoms with Crippen molar-refractivity contribution in [2.45, 2.75) is 49.3 Å². The van der Waals surface area contributed by atoms with E-state index in [9.17, 15) is 0 Å². The van der Waals surface area contributed by atoms with Crippen LogP contribution in [0.2, 0.25) is 0 Å². The summed E-state index contributed by atoms with van der Waals surface area (Å²) in [7, 11) is -0.663. The molecule has 1 spiro atoms. The van der Waals surface area contributed by atoms with Gasteiger partial charge in [0.25, 0.3) is 0 Å². The van der Waals surface area contributed by atoms with Gasteiger partial charge in [0.15, 0.2) is 0 Å². The molecule has 0 saturated heterocycles. The number of nitrogens with zero attached hydrogens (tertiary/aromatic N) is 4. The summed E-state index contributed by atoms with van der Waals surface area (Å²) in [5.41, 5.74) is 11.1. The van der Waals surface area contributed by atoms with E-state index in [1.807, 2.05) is 0 Å². The normalized spacial score (nSPS) is 29.0. The monoisotopic (exact) mass is 548 g/mol. The Balaban J connectivity index is 1.32. The fourth-order valence-electron chi connectivity index (χ4n) is 9.46. The third kappa shape index (κ3) is 2.22. The van der Waals surface area contributed by atoms with Gasteiger partial charge in [-0.3, -0.25) is 0 Å². The average molecular weight is 549 g/mol. The molecule has 1 saturated carbocycles. The van der Waals surface area contributed by atoms with Crippen molar-refractivity contribution in [2.75, 3.05) is 9.80 Å². The van der Waals surface area contributed by atoms with Crippen LogP contribution in [0.5, 0.6) is 0 Å². The third-order valence-corrected chi connectivity index (χ3v) is 14.1. The first-order chi connectivity index (χ1) is 20.3. The van der Waals surface area contributed by atoms with Gasteiger partial charge in [-0.1, -0.05) is 72.8 Å². The molecule has 2 bridgehead atoms. The Labute approximate surface area is 241 Å². The van der Waals surface area contributed by atoms with E-state index in [0.29, 0.717) is 24.2 Å². The van der Waals surface area contributed by atoms with Crippen LogP contribution in [-0.4, -0.2) is 34.0 Å². The van der Waals surface area contributed by atoms with Crippen molar-refractivity contribution >= 4 is 29.9 Å². The van der Waals surface area contributed by atoms with Crippen LogP contribution in [0.4, 0.5) is 11.4 Å². The van der Waals surface area contributed by atoms with Crippen LogP contribution in [0, 0.1) is 0 Å². The van der Waals surface area contributed by atoms with Gasteiger partial charge in [-0.25, -0.2) is 0 Å². The summed E-state index contributed by atoms with van der Waals surface area (Å²) in [4.78, 5) is 10.6. The minimum Gasteiger partial charge on any atom is -0.351 e. The van der Waals surface area contributed by atoms with Crippen molar-refractivity contribution < 1.29 is 0 Å². The topological polar surface area (TPSA) is 13.0 Å². The number of hydrogen-bond acceptors (Lipinski definition) is 4. The lowest BCUT2D eigenvalue weighted by Crippen LogP contribution is -2.61. The van der Waals surface area contributed by atoms with Crippen molar-refractivity contribution in [1.82, 2.24) is 9.80 Å². The molecular formula is C36H29N4P. The van der Waals surface area contributed by atoms with E-state index in [2.05, 4.69) is 136 Å². The maximum absolute atomic E-state index is 2.77. The average Bonchev–Trinajstić information content (AvgIpc) is 3.73. The van der Waals surface area contributed by atoms with Gasteiger partial charge in [-0.2, -0.15) is 0 Å². The molecule has 0 N–H and O–H groups in total. The Morgan fingerprint density at radius 1 is 0.585 bits per heavy atom. The Hall–Kier alpha value is -4.01. The van der Waals surface area contributed by atoms with E-state index in [-0.39, 0.29) is 5.41 Å². The predicted octanol–water partition coefficient (Wildman–Crippen LogP) is 6.17. The van der Waals surface area contributed by atoms with Crippen LogP contribution >= 0.6 is 7.92 Å². The number of rotatable bonds is 0. The van der Waals surface area contributed by atoms with E-state index >= 15 is 0 Å². The Morgan fingerprint density at radius 2 is 1.12 bits per heavy atom. The summed E-state index contributed by atoms with van der Waals surface area (Å²) >= 11 is 0. The predicted molar refractivity (Wildman–Crippen MR) is 167 cm³/mol. The minimum absolute atomic E-state index is 0.307. The molecule has 2 aliphatic carbocycles. The zero-order chi connectivity index (χ0) is 26.6. The van der Waals surface area contributed by atoms with E-state index in [0.717, 1.165) is 0 Å². The minimum atomic E-state index is -0.663. The maximum Gasteiger partial charge on any atom is 0.133 e. The molecule has 5 atom stereocenters. The largest absolute Gasteiger partial charge is 0.351 e. The molecule has 4 aromatic rings. The van der Waals surface area contributed by atoms with Crippen molar-refractivity contribution in [3.8, 4) is 11.1 Å². The van der Waals surface area contributed by atoms with E-state index in [4.69, 9.17) is 0 Å². The van der Waals surface area contributed by atoms with Gasteiger partial charge in [0.1, 0.15) is 12.1 Å². The summed E-state index contributed by atoms with van der Waals surface area (Å²) in [5.74, 6) is 0.341. The molecule has 198 valence electrons. The molecule has 5 aliphatic heterocycles. The molecule has 41 heavy (non-hydrogen) atoms. The van der Waals surface area contributed by atoms with Gasteiger partial charge in [0.2, 0.25) is 0 Å². The van der Waals surface area contributed by atoms with Crippen molar-refractivity contribution in [1.29, 1.82) is 0 Å². The number of hydrogen-bond donors (Lipinski definition) is 0. The Kier molecular flexibility index (Phi) is 3.74. The molecule has 0 radical (unpaired) electrons. The van der Waals surface area contributed by atoms with Crippen LogP contribution in [0.25, 0.3) is 11.1 Å². The van der Waals surface area contributed by atoms with Crippen molar-refractivity contribution in [2.24, 2.45) is 0 Å². The van der Waals surface area contributed by atoms with Crippen LogP contribution < -0.4 is 20.4 Å². The summed E-state index contributed by atoms with van der Waals surface area (Å²) in [6.07, 6.45) is 12.4. The standard InChI is InChI=1S/C36H29N4P/c1-22-37-18-19-38(22)31-14-6-12-27-33(31)41-34-28(36(27)25-10-4-2-8-23(25)24-9-3-5-11-26(24)36)13-7-15-32(34)40-21-20-39(35(40)41)30-17-16-29(30)37/h2-15,18-22,29-30,35H,16-17H2,1H3/t22-,29?,30?,35+,41?/m1/s1. The van der Waals surface area contributed by atoms with E-state index in [1.54, 1.807) is 10.6 Å². The number of benzene rings is 4. The second-order valence-electron chi connectivity index (χ2n) is 12.6. The molecule has 7 aliphatic rings. The zero-order valence-electron chi connectivity index (χ0n) is 22.9. The summed E-state index contributed by atoms with van der Waals surface area (Å²) in [5, 5.41) is 3.17. The lowest BCUT2D eigenvalue weighted by atomic mass is 9.67. The van der Waals surface area contributed by atoms with Crippen molar-refractivity contribution in [3.05, 3.63) is 132 Å². The van der Waals surface area contributed by atoms with E-state index < -0.39 is 7.92 Å². The fourth-order valence-corrected chi connectivity index (χ4v) is 13.0. The molecule has 11 rings (SSSR count). The first kappa shape index (κ1) is 21.7. The second-order valence-corrected chi connectivity index (χ2v) is 14.6. The van der Waals surface area contributed by atoms with Gasteiger partial charge in [-0.05, 0) is 65.3 Å². The highest BCUT2D eigenvalue weighted by atomic mass is 31.1. The van der Waals surface area contributed by atoms with Gasteiger partial charge >= 0.3 is 0 Å². The van der Waals surface area contributed by atoms with Gasteiger partial charge in [-0.15, -0.1) is 0 Å². The second kappa shape index (κ2) is 7.06. The Morgan fingerprint density at radius 3 is 1.78 bits per heavy atom. The smallest absolute Gasteiger partial charge is 0.133 e. The first-order valence-corrected chi connectivity index (χ1v) is 16.4. The van der Waals surface area contributed by atoms with Crippen LogP contribution in [0.1, 0.15) is 42.0 Å². The molecule has 4 nitrogen and oxygen atoms in total. The maximum atomic E-state index is 2.77. The highest BCUT2D eigenvalue weighted by molar-refractivity contribution is 7.75. The van der Waals surface area contributed by atoms with Gasteiger partial charge in [0.05, 0.1) is 28.9 Å². The molecule has 0 aromatic heterocycles. The molecule has 1 fully saturated rings. The zero-order valence-corrected chi connectivity index (χ0v) is 23.7. The third-order valence-electron chi connectivity index (χ3n) is 11.2. The van der Waals surface area contributed by atoms with Crippen molar-refractivity contribution in [3.63, 3.8) is 0 Å². The molecule has 5 heteroatoms. The lowest BCUT2D eigenvalue weighted by Gasteiger charge is -2.53. The molecular weight excluding hydrogens is 519 g/mol. The fraction of sp³-hybridized carbons (Fsp3) is 0.222. The van der Waals surface area contributed by atoms with Gasteiger partial charge < -0.3 is 19.6 Å². The SMILES string of the molecule is C[C@H]1N2C=CN1C1CCC1N1C=CN3c4cccc5c4P(c4c2cccc4C52c4ccccc4-c4ccccc42)[C@H]31. The molecule has 0 amide bonds. The highest BCUT2D eigenvalue weighted by Crippen LogP contribution is 2.67. The van der Waals surface area contributed by atoms with Crippen LogP contribution in [-0.2, 0) is 5.41 Å². The summed E-state index contributed by atoms with van der Waals surface area (Å²) < 4.78 is 0. The molecule has 3 unspecified atom stereocenters. The van der Waals surface area contributed by atoms with Crippen LogP contribution in [0.3, 0.4) is 0 Å². The first-order valence-electron chi connectivity index (χ1n) is 15.0. The summed E-state index contributed by atoms with van der Waals surface area (Å²) in [6.45, 7) is 2.40. The molecule has 4 aromatic carbocycles. The Bertz CT molecular complexity index is 1860. The molecule has 5 heterocycles. The quantitative estimate of drug-likeness (QED) is 0.215. The number of anilines is 2. The number of fused-ring (bicyclic) bond motifs is 14. The summed E-state index contributed by atoms with van der Waals surface area (Å²) in [6, 6.07) is 33.9.